The van der Waals surface area contributed by atoms with Crippen LogP contribution in [0.1, 0.15) is 6.92 Å². The van der Waals surface area contributed by atoms with E-state index in [1.165, 1.54) is 6.92 Å². The molecule has 0 rings (SSSR count). The zero-order valence-corrected chi connectivity index (χ0v) is 5.03. The third-order valence-electron chi connectivity index (χ3n) is 0.805. The van der Waals surface area contributed by atoms with Gasteiger partial charge in [-0.2, -0.15) is 0 Å². The Morgan fingerprint density at radius 2 is 2.00 bits per heavy atom. The zero-order chi connectivity index (χ0) is 6.73. The van der Waals surface area contributed by atoms with E-state index >= 15 is 0 Å². The number of nitrogens with two attached hydrogens (primary N) is 1. The maximum absolute atomic E-state index is 9.86. The lowest BCUT2D eigenvalue weighted by Gasteiger charge is -2.06. The van der Waals surface area contributed by atoms with Crippen LogP contribution < -0.4 is 5.73 Å². The van der Waals surface area contributed by atoms with Crippen molar-refractivity contribution in [2.24, 2.45) is 5.73 Å². The molecule has 56 valence electrons. The van der Waals surface area contributed by atoms with Gasteiger partial charge in [0.25, 0.3) is 0 Å². The number of hydrogen-bond acceptors (Lipinski definition) is 3. The molecule has 9 heavy (non-hydrogen) atoms. The van der Waals surface area contributed by atoms with Crippen molar-refractivity contribution in [2.45, 2.75) is 19.1 Å². The number of carbonyl (C=O) groups is 1. The van der Waals surface area contributed by atoms with Crippen LogP contribution in [0.3, 0.4) is 0 Å². The monoisotopic (exact) mass is 137 g/mol. The van der Waals surface area contributed by atoms with E-state index in [9.17, 15) is 4.79 Å². The first-order chi connectivity index (χ1) is 3.55. The van der Waals surface area contributed by atoms with E-state index in [0.717, 1.165) is 0 Å². The summed E-state index contributed by atoms with van der Waals surface area (Å²) in [6.45, 7) is 1.33. The molecule has 5 nitrogen and oxygen atoms in total. The third kappa shape index (κ3) is 3.89. The SMILES string of the molecule is C[C@@H](O)[C@H](N)C(=O)O.O. The molecule has 2 atom stereocenters. The molecule has 0 aliphatic heterocycles. The fourth-order valence-corrected chi connectivity index (χ4v) is 0.206. The van der Waals surface area contributed by atoms with Crippen molar-refractivity contribution in [3.05, 3.63) is 0 Å². The predicted octanol–water partition coefficient (Wildman–Crippen LogP) is -2.05. The first-order valence-corrected chi connectivity index (χ1v) is 2.22. The first-order valence-electron chi connectivity index (χ1n) is 2.22. The van der Waals surface area contributed by atoms with Crippen molar-refractivity contribution in [1.82, 2.24) is 0 Å². The van der Waals surface area contributed by atoms with Crippen LogP contribution in [0.15, 0.2) is 0 Å². The highest BCUT2D eigenvalue weighted by molar-refractivity contribution is 5.73. The van der Waals surface area contributed by atoms with Crippen molar-refractivity contribution in [1.29, 1.82) is 0 Å². The molecule has 0 aromatic rings. The zero-order valence-electron chi connectivity index (χ0n) is 5.03. The molecule has 0 bridgehead atoms. The van der Waals surface area contributed by atoms with Gasteiger partial charge in [0.1, 0.15) is 6.04 Å². The van der Waals surface area contributed by atoms with Gasteiger partial charge in [0.2, 0.25) is 0 Å². The molecule has 0 unspecified atom stereocenters. The standard InChI is InChI=1S/C4H9NO3.H2O/c1-2(6)3(5)4(7)8;/h2-3,6H,5H2,1H3,(H,7,8);1H2/t2-,3+;/m1./s1. The molecule has 6 N–H and O–H groups in total. The van der Waals surface area contributed by atoms with Gasteiger partial charge >= 0.3 is 5.97 Å². The highest BCUT2D eigenvalue weighted by atomic mass is 16.4. The van der Waals surface area contributed by atoms with Crippen LogP contribution in [0.2, 0.25) is 0 Å². The van der Waals surface area contributed by atoms with Gasteiger partial charge in [-0.3, -0.25) is 4.79 Å². The van der Waals surface area contributed by atoms with Crippen molar-refractivity contribution < 1.29 is 20.5 Å². The number of hydrogen-bond donors (Lipinski definition) is 3. The quantitative estimate of drug-likeness (QED) is 0.406. The molecule has 0 aliphatic carbocycles. The fourth-order valence-electron chi connectivity index (χ4n) is 0.206. The highest BCUT2D eigenvalue weighted by Gasteiger charge is 2.16. The van der Waals surface area contributed by atoms with Gasteiger partial charge in [0, 0.05) is 0 Å². The van der Waals surface area contributed by atoms with Crippen molar-refractivity contribution >= 4 is 5.97 Å². The summed E-state index contributed by atoms with van der Waals surface area (Å²) < 4.78 is 0. The van der Waals surface area contributed by atoms with Gasteiger partial charge in [-0.05, 0) is 6.92 Å². The number of carboxylic acid groups (broad SMARTS) is 1. The minimum Gasteiger partial charge on any atom is -0.480 e. The van der Waals surface area contributed by atoms with Gasteiger partial charge in [-0.1, -0.05) is 0 Å². The molecule has 0 heterocycles. The van der Waals surface area contributed by atoms with Crippen molar-refractivity contribution in [3.8, 4) is 0 Å². The summed E-state index contributed by atoms with van der Waals surface area (Å²) in [4.78, 5) is 9.86. The van der Waals surface area contributed by atoms with Crippen molar-refractivity contribution in [3.63, 3.8) is 0 Å². The average molecular weight is 137 g/mol. The number of carboxylic acids is 1. The molecular formula is C4H11NO4. The van der Waals surface area contributed by atoms with Gasteiger partial charge < -0.3 is 21.4 Å². The van der Waals surface area contributed by atoms with E-state index < -0.39 is 18.1 Å². The Kier molecular flexibility index (Phi) is 5.28. The van der Waals surface area contributed by atoms with Crippen LogP contribution in [0, 0.1) is 0 Å². The molecular weight excluding hydrogens is 126 g/mol. The van der Waals surface area contributed by atoms with E-state index in [1.54, 1.807) is 0 Å². The number of aliphatic hydroxyl groups is 1. The molecule has 0 aromatic carbocycles. The maximum atomic E-state index is 9.86. The highest BCUT2D eigenvalue weighted by Crippen LogP contribution is 1.85. The summed E-state index contributed by atoms with van der Waals surface area (Å²) in [5, 5.41) is 16.6. The molecule has 0 aliphatic rings. The Balaban J connectivity index is 0. The fraction of sp³-hybridized carbons (Fsp3) is 0.750. The van der Waals surface area contributed by atoms with Crippen LogP contribution >= 0.6 is 0 Å². The minimum absolute atomic E-state index is 0. The Labute approximate surface area is 52.4 Å². The van der Waals surface area contributed by atoms with Gasteiger partial charge in [-0.15, -0.1) is 0 Å². The average Bonchev–Trinajstić information content (AvgIpc) is 1.64. The van der Waals surface area contributed by atoms with Crippen LogP contribution in [0.4, 0.5) is 0 Å². The largest absolute Gasteiger partial charge is 0.480 e. The van der Waals surface area contributed by atoms with Crippen LogP contribution in [-0.2, 0) is 4.79 Å². The Bertz CT molecular complexity index is 92.6. The summed E-state index contributed by atoms with van der Waals surface area (Å²) in [5.41, 5.74) is 4.91. The molecule has 0 saturated carbocycles. The summed E-state index contributed by atoms with van der Waals surface area (Å²) >= 11 is 0. The van der Waals surface area contributed by atoms with E-state index in [2.05, 4.69) is 0 Å². The smallest absolute Gasteiger partial charge is 0.323 e. The lowest BCUT2D eigenvalue weighted by atomic mass is 10.2. The third-order valence-corrected chi connectivity index (χ3v) is 0.805. The predicted molar refractivity (Wildman–Crippen MR) is 30.9 cm³/mol. The van der Waals surface area contributed by atoms with E-state index in [1.807, 2.05) is 0 Å². The lowest BCUT2D eigenvalue weighted by Crippen LogP contribution is -2.39. The second-order valence-electron chi connectivity index (χ2n) is 1.60. The Hall–Kier alpha value is -0.650. The minimum atomic E-state index is -1.18. The lowest BCUT2D eigenvalue weighted by molar-refractivity contribution is -0.140. The molecule has 0 fully saturated rings. The topological polar surface area (TPSA) is 115 Å². The van der Waals surface area contributed by atoms with Crippen molar-refractivity contribution in [2.75, 3.05) is 0 Å². The second kappa shape index (κ2) is 4.25. The van der Waals surface area contributed by atoms with Crippen LogP contribution in [-0.4, -0.2) is 33.8 Å². The Morgan fingerprint density at radius 1 is 1.67 bits per heavy atom. The van der Waals surface area contributed by atoms with E-state index in [0.29, 0.717) is 0 Å². The summed E-state index contributed by atoms with van der Waals surface area (Å²) in [6, 6.07) is -1.16. The number of aliphatic carboxylic acids is 1. The first kappa shape index (κ1) is 11.2. The molecule has 0 spiro atoms. The van der Waals surface area contributed by atoms with E-state index in [-0.39, 0.29) is 5.48 Å². The second-order valence-corrected chi connectivity index (χ2v) is 1.60. The van der Waals surface area contributed by atoms with E-state index in [4.69, 9.17) is 15.9 Å². The van der Waals surface area contributed by atoms with Crippen LogP contribution in [0.25, 0.3) is 0 Å². The summed E-state index contributed by atoms with van der Waals surface area (Å²) in [5.74, 6) is -1.18. The molecule has 0 saturated heterocycles. The number of rotatable bonds is 2. The van der Waals surface area contributed by atoms with Gasteiger partial charge in [-0.25, -0.2) is 0 Å². The van der Waals surface area contributed by atoms with Crippen LogP contribution in [0.5, 0.6) is 0 Å². The van der Waals surface area contributed by atoms with Gasteiger partial charge in [0.15, 0.2) is 0 Å². The maximum Gasteiger partial charge on any atom is 0.323 e. The Morgan fingerprint density at radius 3 is 2.00 bits per heavy atom. The molecule has 0 amide bonds. The summed E-state index contributed by atoms with van der Waals surface area (Å²) in [7, 11) is 0. The molecule has 0 aromatic heterocycles. The normalized spacial score (nSPS) is 15.4. The van der Waals surface area contributed by atoms with Gasteiger partial charge in [0.05, 0.1) is 6.10 Å². The summed E-state index contributed by atoms with van der Waals surface area (Å²) in [6.07, 6.45) is -0.979. The molecule has 0 radical (unpaired) electrons. The number of aliphatic hydroxyl groups excluding tert-OH is 1. The molecule has 5 heteroatoms.